The van der Waals surface area contributed by atoms with E-state index in [0.29, 0.717) is 0 Å². The molecule has 1 atom stereocenters. The molecule has 106 valence electrons. The van der Waals surface area contributed by atoms with Gasteiger partial charge in [0, 0.05) is 4.47 Å². The Balaban J connectivity index is 2.07. The van der Waals surface area contributed by atoms with Crippen LogP contribution in [0.5, 0.6) is 0 Å². The molecule has 20 heavy (non-hydrogen) atoms. The molecule has 0 fully saturated rings. The predicted molar refractivity (Wildman–Crippen MR) is 95.5 cm³/mol. The third-order valence-electron chi connectivity index (χ3n) is 3.77. The van der Waals surface area contributed by atoms with Crippen molar-refractivity contribution < 1.29 is 0 Å². The molecule has 0 nitrogen and oxygen atoms in total. The minimum absolute atomic E-state index is 0.756. The molecule has 0 N–H and O–H groups in total. The van der Waals surface area contributed by atoms with Gasteiger partial charge in [-0.3, -0.25) is 0 Å². The van der Waals surface area contributed by atoms with Crippen molar-refractivity contribution in [1.29, 1.82) is 0 Å². The van der Waals surface area contributed by atoms with E-state index in [9.17, 15) is 0 Å². The molecule has 0 radical (unpaired) electrons. The van der Waals surface area contributed by atoms with Crippen LogP contribution >= 0.6 is 28.6 Å². The molecule has 2 rings (SSSR count). The smallest absolute Gasteiger partial charge is 0.0175 e. The Morgan fingerprint density at radius 1 is 0.950 bits per heavy atom. The van der Waals surface area contributed by atoms with Gasteiger partial charge in [-0.05, 0) is 53.3 Å². The molecule has 0 aliphatic carbocycles. The van der Waals surface area contributed by atoms with Gasteiger partial charge in [0.25, 0.3) is 0 Å². The highest BCUT2D eigenvalue weighted by Gasteiger charge is 2.07. The third-order valence-corrected chi connectivity index (χ3v) is 4.56. The second-order valence-corrected chi connectivity index (χ2v) is 6.56. The van der Waals surface area contributed by atoms with Gasteiger partial charge >= 0.3 is 0 Å². The minimum Gasteiger partial charge on any atom is -0.179 e. The fourth-order valence-corrected chi connectivity index (χ4v) is 3.07. The van der Waals surface area contributed by atoms with E-state index in [4.69, 9.17) is 0 Å². The molecule has 2 aromatic rings. The van der Waals surface area contributed by atoms with Crippen molar-refractivity contribution >= 4 is 28.6 Å². The predicted octanol–water partition coefficient (Wildman–Crippen LogP) is 6.00. The minimum atomic E-state index is 0.756. The lowest BCUT2D eigenvalue weighted by atomic mass is 9.93. The molecular weight excluding hydrogens is 328 g/mol. The molecule has 1 unspecified atom stereocenters. The summed E-state index contributed by atoms with van der Waals surface area (Å²) >= 11 is 7.82. The summed E-state index contributed by atoms with van der Waals surface area (Å²) in [5.74, 6) is 1.74. The number of rotatable bonds is 6. The molecule has 0 heterocycles. The van der Waals surface area contributed by atoms with Gasteiger partial charge in [0.1, 0.15) is 0 Å². The average Bonchev–Trinajstić information content (AvgIpc) is 2.48. The van der Waals surface area contributed by atoms with Gasteiger partial charge in [-0.15, -0.1) is 0 Å². The van der Waals surface area contributed by atoms with Crippen molar-refractivity contribution in [1.82, 2.24) is 0 Å². The third kappa shape index (κ3) is 4.39. The highest BCUT2D eigenvalue weighted by molar-refractivity contribution is 9.10. The topological polar surface area (TPSA) is 0 Å². The van der Waals surface area contributed by atoms with Crippen LogP contribution in [0.4, 0.5) is 0 Å². The molecule has 0 saturated heterocycles. The van der Waals surface area contributed by atoms with Crippen LogP contribution in [-0.2, 0) is 6.42 Å². The Bertz CT molecular complexity index is 516. The molecule has 0 saturated carbocycles. The number of halogens is 1. The van der Waals surface area contributed by atoms with Crippen molar-refractivity contribution in [3.63, 3.8) is 0 Å². The normalized spacial score (nSPS) is 12.3. The highest BCUT2D eigenvalue weighted by Crippen LogP contribution is 2.23. The van der Waals surface area contributed by atoms with Crippen LogP contribution in [0.2, 0.25) is 0 Å². The van der Waals surface area contributed by atoms with Gasteiger partial charge in [0.2, 0.25) is 0 Å². The van der Waals surface area contributed by atoms with Gasteiger partial charge in [-0.25, -0.2) is 0 Å². The molecule has 0 spiro atoms. The van der Waals surface area contributed by atoms with Crippen LogP contribution < -0.4 is 0 Å². The lowest BCUT2D eigenvalue weighted by molar-refractivity contribution is 0.495. The van der Waals surface area contributed by atoms with E-state index in [-0.39, 0.29) is 0 Å². The molecule has 2 aromatic carbocycles. The van der Waals surface area contributed by atoms with E-state index < -0.39 is 0 Å². The number of thiol groups is 1. The quantitative estimate of drug-likeness (QED) is 0.607. The zero-order chi connectivity index (χ0) is 14.4. The first-order valence-electron chi connectivity index (χ1n) is 7.18. The Morgan fingerprint density at radius 3 is 2.00 bits per heavy atom. The summed E-state index contributed by atoms with van der Waals surface area (Å²) in [7, 11) is 0. The number of hydrogen-bond donors (Lipinski definition) is 1. The maximum atomic E-state index is 4.35. The van der Waals surface area contributed by atoms with Crippen molar-refractivity contribution in [2.24, 2.45) is 5.92 Å². The van der Waals surface area contributed by atoms with Crippen molar-refractivity contribution in [3.8, 4) is 11.1 Å². The van der Waals surface area contributed by atoms with E-state index in [1.807, 2.05) is 0 Å². The lowest BCUT2D eigenvalue weighted by Crippen LogP contribution is -2.04. The molecule has 0 amide bonds. The number of hydrogen-bond acceptors (Lipinski definition) is 1. The molecule has 0 aromatic heterocycles. The fraction of sp³-hybridized carbons (Fsp3) is 0.333. The summed E-state index contributed by atoms with van der Waals surface area (Å²) < 4.78 is 1.12. The second kappa shape index (κ2) is 7.90. The van der Waals surface area contributed by atoms with E-state index in [0.717, 1.165) is 22.6 Å². The van der Waals surface area contributed by atoms with Crippen LogP contribution in [0, 0.1) is 5.92 Å². The van der Waals surface area contributed by atoms with E-state index in [1.54, 1.807) is 0 Å². The second-order valence-electron chi connectivity index (χ2n) is 5.19. The zero-order valence-corrected chi connectivity index (χ0v) is 14.3. The fourth-order valence-electron chi connectivity index (χ4n) is 2.44. The Morgan fingerprint density at radius 2 is 1.50 bits per heavy atom. The highest BCUT2D eigenvalue weighted by atomic mass is 79.9. The van der Waals surface area contributed by atoms with Crippen LogP contribution in [0.15, 0.2) is 53.0 Å². The first kappa shape index (κ1) is 15.7. The summed E-state index contributed by atoms with van der Waals surface area (Å²) in [6.45, 7) is 2.27. The maximum Gasteiger partial charge on any atom is 0.0175 e. The van der Waals surface area contributed by atoms with Crippen LogP contribution in [0.1, 0.15) is 25.3 Å². The molecule has 0 aliphatic heterocycles. The van der Waals surface area contributed by atoms with Gasteiger partial charge in [-0.1, -0.05) is 65.7 Å². The molecule has 0 bridgehead atoms. The lowest BCUT2D eigenvalue weighted by Gasteiger charge is -2.13. The van der Waals surface area contributed by atoms with E-state index in [1.165, 1.54) is 29.5 Å². The molecule has 0 aliphatic rings. The Labute approximate surface area is 136 Å². The van der Waals surface area contributed by atoms with Crippen molar-refractivity contribution in [3.05, 3.63) is 58.6 Å². The number of benzene rings is 2. The van der Waals surface area contributed by atoms with Crippen LogP contribution in [-0.4, -0.2) is 5.75 Å². The van der Waals surface area contributed by atoms with Gasteiger partial charge in [0.05, 0.1) is 0 Å². The SMILES string of the molecule is CCC(CCS)Cc1ccc(-c2ccc(Br)cc2)cc1. The van der Waals surface area contributed by atoms with Gasteiger partial charge < -0.3 is 0 Å². The standard InChI is InChI=1S/C18H21BrS/c1-2-14(11-12-20)13-15-3-5-16(6-4-15)17-7-9-18(19)10-8-17/h3-10,14,20H,2,11-13H2,1H3. The zero-order valence-electron chi connectivity index (χ0n) is 11.8. The summed E-state index contributed by atoms with van der Waals surface area (Å²) in [5, 5.41) is 0. The molecular formula is C18H21BrS. The summed E-state index contributed by atoms with van der Waals surface area (Å²) in [5.41, 5.74) is 3.98. The molecule has 2 heteroatoms. The van der Waals surface area contributed by atoms with E-state index in [2.05, 4.69) is 84.0 Å². The monoisotopic (exact) mass is 348 g/mol. The first-order chi connectivity index (χ1) is 9.72. The van der Waals surface area contributed by atoms with Crippen LogP contribution in [0.25, 0.3) is 11.1 Å². The summed E-state index contributed by atoms with van der Waals surface area (Å²) in [6.07, 6.45) is 3.60. The van der Waals surface area contributed by atoms with Gasteiger partial charge in [0.15, 0.2) is 0 Å². The van der Waals surface area contributed by atoms with E-state index >= 15 is 0 Å². The largest absolute Gasteiger partial charge is 0.179 e. The summed E-state index contributed by atoms with van der Waals surface area (Å²) in [4.78, 5) is 0. The van der Waals surface area contributed by atoms with Gasteiger partial charge in [-0.2, -0.15) is 12.6 Å². The van der Waals surface area contributed by atoms with Crippen molar-refractivity contribution in [2.45, 2.75) is 26.2 Å². The van der Waals surface area contributed by atoms with Crippen LogP contribution in [0.3, 0.4) is 0 Å². The first-order valence-corrected chi connectivity index (χ1v) is 8.61. The Kier molecular flexibility index (Phi) is 6.18. The Hall–Kier alpha value is -0.730. The average molecular weight is 349 g/mol. The summed E-state index contributed by atoms with van der Waals surface area (Å²) in [6, 6.07) is 17.4. The van der Waals surface area contributed by atoms with Crippen molar-refractivity contribution in [2.75, 3.05) is 5.75 Å². The maximum absolute atomic E-state index is 4.35.